The number of carbonyl (C=O) groups is 1. The number of aliphatic hydroxyl groups is 1. The maximum Gasteiger partial charge on any atom is 0.227 e. The third-order valence-electron chi connectivity index (χ3n) is 4.10. The Kier molecular flexibility index (Phi) is 4.80. The molecule has 0 bridgehead atoms. The summed E-state index contributed by atoms with van der Waals surface area (Å²) in [5, 5.41) is 8.94. The Labute approximate surface area is 130 Å². The van der Waals surface area contributed by atoms with Crippen molar-refractivity contribution in [3.63, 3.8) is 0 Å². The van der Waals surface area contributed by atoms with E-state index in [1.807, 2.05) is 23.1 Å². The third kappa shape index (κ3) is 3.51. The van der Waals surface area contributed by atoms with Gasteiger partial charge in [0.25, 0.3) is 0 Å². The number of amides is 1. The minimum Gasteiger partial charge on any atom is -0.486 e. The summed E-state index contributed by atoms with van der Waals surface area (Å²) < 4.78 is 11.0. The van der Waals surface area contributed by atoms with Crippen LogP contribution in [0.2, 0.25) is 0 Å². The van der Waals surface area contributed by atoms with Crippen molar-refractivity contribution in [2.75, 3.05) is 52.5 Å². The summed E-state index contributed by atoms with van der Waals surface area (Å²) in [6.45, 7) is 5.09. The second kappa shape index (κ2) is 6.98. The Morgan fingerprint density at radius 3 is 2.55 bits per heavy atom. The Morgan fingerprint density at radius 1 is 1.09 bits per heavy atom. The molecule has 1 saturated heterocycles. The number of nitrogens with zero attached hydrogens (tertiary/aromatic N) is 2. The van der Waals surface area contributed by atoms with E-state index in [9.17, 15) is 4.79 Å². The molecule has 1 fully saturated rings. The SMILES string of the molecule is O=C(Cc1ccc2c(c1)OCCO2)N1CCN(CCO)CC1. The number of hydrogen-bond donors (Lipinski definition) is 1. The first-order valence-corrected chi connectivity index (χ1v) is 7.76. The number of aliphatic hydroxyl groups excluding tert-OH is 1. The second-order valence-electron chi connectivity index (χ2n) is 5.60. The first kappa shape index (κ1) is 15.1. The van der Waals surface area contributed by atoms with Gasteiger partial charge in [-0.1, -0.05) is 6.07 Å². The number of piperazine rings is 1. The molecule has 1 N–H and O–H groups in total. The summed E-state index contributed by atoms with van der Waals surface area (Å²) in [5.41, 5.74) is 0.951. The van der Waals surface area contributed by atoms with Crippen molar-refractivity contribution >= 4 is 5.91 Å². The van der Waals surface area contributed by atoms with Crippen molar-refractivity contribution in [1.82, 2.24) is 9.80 Å². The summed E-state index contributed by atoms with van der Waals surface area (Å²) in [4.78, 5) is 16.5. The van der Waals surface area contributed by atoms with Gasteiger partial charge in [-0.15, -0.1) is 0 Å². The molecule has 0 aliphatic carbocycles. The highest BCUT2D eigenvalue weighted by Gasteiger charge is 2.21. The van der Waals surface area contributed by atoms with Crippen molar-refractivity contribution in [2.24, 2.45) is 0 Å². The van der Waals surface area contributed by atoms with Gasteiger partial charge in [0, 0.05) is 32.7 Å². The maximum absolute atomic E-state index is 12.4. The molecule has 0 unspecified atom stereocenters. The van der Waals surface area contributed by atoms with Gasteiger partial charge >= 0.3 is 0 Å². The van der Waals surface area contributed by atoms with Crippen molar-refractivity contribution in [3.8, 4) is 11.5 Å². The first-order chi connectivity index (χ1) is 10.8. The number of β-amino-alcohol motifs (C(OH)–C–C–N with tert-alkyl or cyclic N) is 1. The largest absolute Gasteiger partial charge is 0.486 e. The van der Waals surface area contributed by atoms with Crippen molar-refractivity contribution in [3.05, 3.63) is 23.8 Å². The molecule has 0 radical (unpaired) electrons. The summed E-state index contributed by atoms with van der Waals surface area (Å²) in [6, 6.07) is 5.69. The monoisotopic (exact) mass is 306 g/mol. The number of rotatable bonds is 4. The lowest BCUT2D eigenvalue weighted by Gasteiger charge is -2.34. The van der Waals surface area contributed by atoms with Crippen LogP contribution in [0.15, 0.2) is 18.2 Å². The molecule has 1 aromatic carbocycles. The number of fused-ring (bicyclic) bond motifs is 1. The summed E-state index contributed by atoms with van der Waals surface area (Å²) >= 11 is 0. The van der Waals surface area contributed by atoms with Gasteiger partial charge in [0.05, 0.1) is 13.0 Å². The quantitative estimate of drug-likeness (QED) is 0.857. The van der Waals surface area contributed by atoms with Crippen LogP contribution in [0.25, 0.3) is 0 Å². The van der Waals surface area contributed by atoms with Gasteiger partial charge in [0.15, 0.2) is 11.5 Å². The molecular weight excluding hydrogens is 284 g/mol. The predicted octanol–water partition coefficient (Wildman–Crippen LogP) is 0.137. The lowest BCUT2D eigenvalue weighted by atomic mass is 10.1. The fourth-order valence-electron chi connectivity index (χ4n) is 2.85. The van der Waals surface area contributed by atoms with Crippen molar-refractivity contribution < 1.29 is 19.4 Å². The molecule has 0 aromatic heterocycles. The Balaban J connectivity index is 1.56. The highest BCUT2D eigenvalue weighted by molar-refractivity contribution is 5.79. The van der Waals surface area contributed by atoms with Gasteiger partial charge in [-0.05, 0) is 17.7 Å². The molecule has 6 heteroatoms. The van der Waals surface area contributed by atoms with E-state index in [1.165, 1.54) is 0 Å². The Hall–Kier alpha value is -1.79. The van der Waals surface area contributed by atoms with Gasteiger partial charge in [-0.25, -0.2) is 0 Å². The lowest BCUT2D eigenvalue weighted by Crippen LogP contribution is -2.49. The zero-order chi connectivity index (χ0) is 15.4. The van der Waals surface area contributed by atoms with E-state index in [1.54, 1.807) is 0 Å². The molecule has 0 atom stereocenters. The minimum atomic E-state index is 0.139. The van der Waals surface area contributed by atoms with Gasteiger partial charge in [0.2, 0.25) is 5.91 Å². The highest BCUT2D eigenvalue weighted by atomic mass is 16.6. The van der Waals surface area contributed by atoms with E-state index >= 15 is 0 Å². The predicted molar refractivity (Wildman–Crippen MR) is 81.2 cm³/mol. The highest BCUT2D eigenvalue weighted by Crippen LogP contribution is 2.30. The molecule has 1 aromatic rings. The fourth-order valence-corrected chi connectivity index (χ4v) is 2.85. The van der Waals surface area contributed by atoms with Gasteiger partial charge in [-0.2, -0.15) is 0 Å². The zero-order valence-electron chi connectivity index (χ0n) is 12.7. The summed E-state index contributed by atoms with van der Waals surface area (Å²) in [6.07, 6.45) is 0.386. The maximum atomic E-state index is 12.4. The lowest BCUT2D eigenvalue weighted by molar-refractivity contribution is -0.132. The van der Waals surface area contributed by atoms with E-state index < -0.39 is 0 Å². The van der Waals surface area contributed by atoms with E-state index in [0.717, 1.165) is 43.2 Å². The van der Waals surface area contributed by atoms with E-state index in [2.05, 4.69) is 4.90 Å². The molecule has 1 amide bonds. The van der Waals surface area contributed by atoms with Crippen LogP contribution in [0, 0.1) is 0 Å². The third-order valence-corrected chi connectivity index (χ3v) is 4.10. The molecule has 2 heterocycles. The summed E-state index contributed by atoms with van der Waals surface area (Å²) in [7, 11) is 0. The molecule has 120 valence electrons. The Morgan fingerprint density at radius 2 is 1.82 bits per heavy atom. The van der Waals surface area contributed by atoms with E-state index in [-0.39, 0.29) is 12.5 Å². The van der Waals surface area contributed by atoms with Crippen molar-refractivity contribution in [1.29, 1.82) is 0 Å². The topological polar surface area (TPSA) is 62.2 Å². The van der Waals surface area contributed by atoms with Crippen LogP contribution in [-0.4, -0.2) is 73.4 Å². The van der Waals surface area contributed by atoms with Crippen molar-refractivity contribution in [2.45, 2.75) is 6.42 Å². The van der Waals surface area contributed by atoms with Crippen LogP contribution < -0.4 is 9.47 Å². The number of benzene rings is 1. The normalized spacial score (nSPS) is 18.3. The van der Waals surface area contributed by atoms with E-state index in [4.69, 9.17) is 14.6 Å². The zero-order valence-corrected chi connectivity index (χ0v) is 12.7. The fraction of sp³-hybridized carbons (Fsp3) is 0.562. The van der Waals surface area contributed by atoms with Crippen LogP contribution in [0.5, 0.6) is 11.5 Å². The molecule has 0 saturated carbocycles. The van der Waals surface area contributed by atoms with Gasteiger partial charge < -0.3 is 19.5 Å². The second-order valence-corrected chi connectivity index (χ2v) is 5.60. The van der Waals surface area contributed by atoms with Crippen LogP contribution in [0.1, 0.15) is 5.56 Å². The molecule has 0 spiro atoms. The molecular formula is C16H22N2O4. The average Bonchev–Trinajstić information content (AvgIpc) is 2.56. The Bertz CT molecular complexity index is 527. The molecule has 2 aliphatic heterocycles. The van der Waals surface area contributed by atoms with Crippen LogP contribution >= 0.6 is 0 Å². The van der Waals surface area contributed by atoms with Crippen LogP contribution in [0.4, 0.5) is 0 Å². The van der Waals surface area contributed by atoms with Crippen LogP contribution in [-0.2, 0) is 11.2 Å². The first-order valence-electron chi connectivity index (χ1n) is 7.76. The molecule has 2 aliphatic rings. The number of carbonyl (C=O) groups excluding carboxylic acids is 1. The summed E-state index contributed by atoms with van der Waals surface area (Å²) in [5.74, 6) is 1.62. The van der Waals surface area contributed by atoms with Crippen LogP contribution in [0.3, 0.4) is 0 Å². The molecule has 6 nitrogen and oxygen atoms in total. The average molecular weight is 306 g/mol. The van der Waals surface area contributed by atoms with E-state index in [0.29, 0.717) is 26.2 Å². The minimum absolute atomic E-state index is 0.139. The standard InChI is InChI=1S/C16H22N2O4/c19-8-7-17-3-5-18(6-4-17)16(20)12-13-1-2-14-15(11-13)22-10-9-21-14/h1-2,11,19H,3-10,12H2. The van der Waals surface area contributed by atoms with Gasteiger partial charge in [-0.3, -0.25) is 9.69 Å². The number of ether oxygens (including phenoxy) is 2. The molecule has 3 rings (SSSR count). The number of hydrogen-bond acceptors (Lipinski definition) is 5. The van der Waals surface area contributed by atoms with Gasteiger partial charge in [0.1, 0.15) is 13.2 Å². The smallest absolute Gasteiger partial charge is 0.227 e. The molecule has 22 heavy (non-hydrogen) atoms.